The predicted molar refractivity (Wildman–Crippen MR) is 213 cm³/mol. The fourth-order valence-electron chi connectivity index (χ4n) is 6.78. The van der Waals surface area contributed by atoms with Crippen molar-refractivity contribution in [1.82, 2.24) is 0 Å². The molecule has 0 atom stereocenters. The van der Waals surface area contributed by atoms with E-state index >= 15 is 0 Å². The maximum absolute atomic E-state index is 2.40. The van der Waals surface area contributed by atoms with E-state index in [1.807, 2.05) is 0 Å². The van der Waals surface area contributed by atoms with E-state index in [1.54, 1.807) is 0 Å². The van der Waals surface area contributed by atoms with Crippen molar-refractivity contribution in [3.63, 3.8) is 0 Å². The first-order valence-corrected chi connectivity index (χ1v) is 19.9. The van der Waals surface area contributed by atoms with E-state index in [1.165, 1.54) is 78.9 Å². The third-order valence-electron chi connectivity index (χ3n) is 8.56. The van der Waals surface area contributed by atoms with Crippen LogP contribution in [0.5, 0.6) is 0 Å². The molecule has 0 unspecified atom stereocenters. The zero-order valence-electron chi connectivity index (χ0n) is 30.8. The van der Waals surface area contributed by atoms with Gasteiger partial charge in [0, 0.05) is 35.4 Å². The Bertz CT molecular complexity index is 1680. The molecular weight excluding hydrogens is 759 g/mol. The Hall–Kier alpha value is -2.81. The Morgan fingerprint density at radius 3 is 1.23 bits per heavy atom. The summed E-state index contributed by atoms with van der Waals surface area (Å²) in [6, 6.07) is 40.7. The van der Waals surface area contributed by atoms with Gasteiger partial charge in [0.2, 0.25) is 0 Å². The minimum atomic E-state index is 0. The van der Waals surface area contributed by atoms with Crippen LogP contribution in [-0.2, 0) is 51.5 Å². The first-order chi connectivity index (χ1) is 22.8. The minimum Gasteiger partial charge on any atom is -0.164 e. The Morgan fingerprint density at radius 1 is 0.521 bits per heavy atom. The van der Waals surface area contributed by atoms with Gasteiger partial charge in [0.05, 0.1) is 0 Å². The molecule has 0 aliphatic heterocycles. The van der Waals surface area contributed by atoms with Gasteiger partial charge in [-0.3, -0.25) is 0 Å². The van der Waals surface area contributed by atoms with Crippen molar-refractivity contribution in [3.05, 3.63) is 131 Å². The van der Waals surface area contributed by atoms with Crippen LogP contribution in [0.15, 0.2) is 109 Å². The first-order valence-electron chi connectivity index (χ1n) is 17.9. The molecule has 6 aromatic rings. The second-order valence-electron chi connectivity index (χ2n) is 13.9. The molecule has 0 heterocycles. The fraction of sp³-hybridized carbons (Fsp3) is 0.348. The van der Waals surface area contributed by atoms with Crippen LogP contribution in [0.3, 0.4) is 0 Å². The van der Waals surface area contributed by atoms with Gasteiger partial charge in [-0.05, 0) is 59.8 Å². The van der Waals surface area contributed by atoms with Crippen LogP contribution in [0.4, 0.5) is 0 Å². The van der Waals surface area contributed by atoms with Gasteiger partial charge in [0.15, 0.2) is 0 Å². The number of aryl methyl sites for hydroxylation is 2. The van der Waals surface area contributed by atoms with Crippen LogP contribution in [0.1, 0.15) is 76.6 Å². The minimum absolute atomic E-state index is 0. The smallest absolute Gasteiger partial charge is 0.0307 e. The summed E-state index contributed by atoms with van der Waals surface area (Å²) in [5.41, 5.74) is 11.4. The molecule has 0 fully saturated rings. The Kier molecular flexibility index (Phi) is 16.5. The van der Waals surface area contributed by atoms with Gasteiger partial charge in [0.25, 0.3) is 0 Å². The quantitative estimate of drug-likeness (QED) is 0.0954. The van der Waals surface area contributed by atoms with E-state index in [0.29, 0.717) is 11.8 Å². The maximum atomic E-state index is 2.40. The molecular formula is C46H56HfSi-2. The molecule has 0 aromatic heterocycles. The third kappa shape index (κ3) is 10.6. The second kappa shape index (κ2) is 20.0. The van der Waals surface area contributed by atoms with E-state index < -0.39 is 0 Å². The predicted octanol–water partition coefficient (Wildman–Crippen LogP) is 13.5. The van der Waals surface area contributed by atoms with Gasteiger partial charge < -0.3 is 0 Å². The van der Waals surface area contributed by atoms with E-state index in [4.69, 9.17) is 0 Å². The number of rotatable bonds is 10. The third-order valence-corrected chi connectivity index (χ3v) is 8.56. The molecule has 0 nitrogen and oxygen atoms in total. The van der Waals surface area contributed by atoms with Crippen molar-refractivity contribution in [2.24, 2.45) is 11.8 Å². The van der Waals surface area contributed by atoms with Crippen LogP contribution in [0.2, 0.25) is 13.1 Å². The molecule has 6 rings (SSSR count). The maximum Gasteiger partial charge on any atom is 0.0307 e. The first kappa shape index (κ1) is 39.6. The Labute approximate surface area is 313 Å². The topological polar surface area (TPSA) is 0 Å². The number of fused-ring (bicyclic) bond motifs is 2. The standard InChI is InChI=1S/2C22H25.C2H6Si.Hf/c2*1-4-8-18-9-5-6-11-20(18)21-12-7-10-19-14-17(13-16(2)3)15-22(19)21;1-3-2;/h2*5-7,9-12,14-16H,4,8,13H2,1-3H3;1-2H3;/q2*-1;;. The molecule has 0 bridgehead atoms. The molecule has 0 aliphatic rings. The summed E-state index contributed by atoms with van der Waals surface area (Å²) in [7, 11) is 1.08. The second-order valence-corrected chi connectivity index (χ2v) is 14.9. The SMILES string of the molecule is CCCc1ccccc1-c1cccc2[cH-]c(CC(C)C)cc12.CCCc1ccccc1-c1cccc2[cH-]c(CC(C)C)cc12.C[Si]C.[Hf]. The molecule has 0 N–H and O–H groups in total. The van der Waals surface area contributed by atoms with Crippen LogP contribution >= 0.6 is 0 Å². The van der Waals surface area contributed by atoms with Crippen molar-refractivity contribution in [2.75, 3.05) is 0 Å². The van der Waals surface area contributed by atoms with Crippen molar-refractivity contribution < 1.29 is 25.8 Å². The van der Waals surface area contributed by atoms with Gasteiger partial charge in [-0.25, -0.2) is 0 Å². The fourth-order valence-corrected chi connectivity index (χ4v) is 6.78. The van der Waals surface area contributed by atoms with Crippen molar-refractivity contribution >= 4 is 31.1 Å². The zero-order chi connectivity index (χ0) is 33.8. The monoisotopic (exact) mass is 816 g/mol. The molecule has 0 saturated heterocycles. The van der Waals surface area contributed by atoms with Crippen LogP contribution in [0.25, 0.3) is 43.8 Å². The van der Waals surface area contributed by atoms with E-state index in [2.05, 4.69) is 164 Å². The molecule has 0 amide bonds. The summed E-state index contributed by atoms with van der Waals surface area (Å²) >= 11 is 0. The molecule has 0 saturated carbocycles. The average molecular weight is 816 g/mol. The van der Waals surface area contributed by atoms with E-state index in [-0.39, 0.29) is 25.8 Å². The van der Waals surface area contributed by atoms with Crippen molar-refractivity contribution in [3.8, 4) is 22.3 Å². The molecule has 2 heteroatoms. The average Bonchev–Trinajstić information content (AvgIpc) is 3.65. The van der Waals surface area contributed by atoms with Crippen LogP contribution < -0.4 is 0 Å². The molecule has 2 radical (unpaired) electrons. The molecule has 6 aromatic carbocycles. The van der Waals surface area contributed by atoms with Gasteiger partial charge in [-0.1, -0.05) is 139 Å². The van der Waals surface area contributed by atoms with Crippen molar-refractivity contribution in [2.45, 2.75) is 93.2 Å². The van der Waals surface area contributed by atoms with Crippen molar-refractivity contribution in [1.29, 1.82) is 0 Å². The zero-order valence-corrected chi connectivity index (χ0v) is 35.4. The van der Waals surface area contributed by atoms with Gasteiger partial charge in [0.1, 0.15) is 0 Å². The summed E-state index contributed by atoms with van der Waals surface area (Å²) in [5.74, 6) is 1.40. The van der Waals surface area contributed by atoms with Crippen LogP contribution in [0, 0.1) is 11.8 Å². The van der Waals surface area contributed by atoms with Gasteiger partial charge in [-0.15, -0.1) is 69.1 Å². The molecule has 250 valence electrons. The van der Waals surface area contributed by atoms with Gasteiger partial charge in [-0.2, -0.15) is 12.1 Å². The summed E-state index contributed by atoms with van der Waals surface area (Å²) in [5, 5.41) is 5.56. The molecule has 0 aliphatic carbocycles. The molecule has 48 heavy (non-hydrogen) atoms. The number of hydrogen-bond donors (Lipinski definition) is 0. The summed E-state index contributed by atoms with van der Waals surface area (Å²) in [4.78, 5) is 0. The summed E-state index contributed by atoms with van der Waals surface area (Å²) < 4.78 is 0. The van der Waals surface area contributed by atoms with Crippen LogP contribution in [-0.4, -0.2) is 9.52 Å². The molecule has 0 spiro atoms. The van der Waals surface area contributed by atoms with E-state index in [0.717, 1.165) is 35.2 Å². The number of hydrogen-bond acceptors (Lipinski definition) is 0. The Morgan fingerprint density at radius 2 is 0.875 bits per heavy atom. The normalized spacial score (nSPS) is 10.9. The number of benzene rings is 4. The summed E-state index contributed by atoms with van der Waals surface area (Å²) in [6.45, 7) is 18.0. The van der Waals surface area contributed by atoms with Gasteiger partial charge >= 0.3 is 0 Å². The largest absolute Gasteiger partial charge is 0.164 e. The van der Waals surface area contributed by atoms with E-state index in [9.17, 15) is 0 Å². The Balaban J connectivity index is 0.000000236. The summed E-state index contributed by atoms with van der Waals surface area (Å²) in [6.07, 6.45) is 6.98.